The van der Waals surface area contributed by atoms with E-state index in [1.165, 1.54) is 41.5 Å². The number of thioether (sulfide) groups is 1. The summed E-state index contributed by atoms with van der Waals surface area (Å²) in [6.07, 6.45) is 6.69. The highest BCUT2D eigenvalue weighted by Gasteiger charge is 2.18. The molecule has 1 N–H and O–H groups in total. The van der Waals surface area contributed by atoms with Gasteiger partial charge in [-0.25, -0.2) is 0 Å². The maximum absolute atomic E-state index is 5.32. The Hall–Kier alpha value is -0.190. The molecule has 1 aliphatic carbocycles. The summed E-state index contributed by atoms with van der Waals surface area (Å²) in [7, 11) is 3.78. The molecule has 0 saturated heterocycles. The fourth-order valence-electron chi connectivity index (χ4n) is 2.65. The molecule has 1 unspecified atom stereocenters. The van der Waals surface area contributed by atoms with Crippen LogP contribution >= 0.6 is 27.7 Å². The van der Waals surface area contributed by atoms with Gasteiger partial charge in [-0.05, 0) is 50.1 Å². The molecular weight excluding hydrogens is 334 g/mol. The number of hydrogen-bond acceptors (Lipinski definition) is 3. The smallest absolute Gasteiger partial charge is 0.119 e. The van der Waals surface area contributed by atoms with Crippen LogP contribution in [0.25, 0.3) is 0 Å². The zero-order valence-electron chi connectivity index (χ0n) is 12.3. The van der Waals surface area contributed by atoms with Gasteiger partial charge in [0.1, 0.15) is 5.75 Å². The summed E-state index contributed by atoms with van der Waals surface area (Å²) in [5.41, 5.74) is 1.32. The highest BCUT2D eigenvalue weighted by molar-refractivity contribution is 9.10. The van der Waals surface area contributed by atoms with Crippen molar-refractivity contribution in [3.63, 3.8) is 0 Å². The van der Waals surface area contributed by atoms with Crippen molar-refractivity contribution in [2.24, 2.45) is 0 Å². The molecule has 1 aromatic carbocycles. The second kappa shape index (κ2) is 8.30. The summed E-state index contributed by atoms with van der Waals surface area (Å²) in [4.78, 5) is 0. The third-order valence-corrected chi connectivity index (χ3v) is 6.27. The first-order valence-electron chi connectivity index (χ1n) is 7.34. The Balaban J connectivity index is 1.91. The average Bonchev–Trinajstić information content (AvgIpc) is 2.98. The van der Waals surface area contributed by atoms with Crippen LogP contribution in [0.3, 0.4) is 0 Å². The van der Waals surface area contributed by atoms with Gasteiger partial charge in [0.05, 0.1) is 7.11 Å². The van der Waals surface area contributed by atoms with Crippen molar-refractivity contribution in [1.29, 1.82) is 0 Å². The largest absolute Gasteiger partial charge is 0.497 e. The normalized spacial score (nSPS) is 17.4. The summed E-state index contributed by atoms with van der Waals surface area (Å²) in [5, 5.41) is 4.35. The lowest BCUT2D eigenvalue weighted by Gasteiger charge is -2.19. The number of hydrogen-bond donors (Lipinski definition) is 1. The zero-order chi connectivity index (χ0) is 14.4. The fourth-order valence-corrected chi connectivity index (χ4v) is 4.52. The lowest BCUT2D eigenvalue weighted by atomic mass is 10.1. The SMILES string of the molecule is CNC(CSC1CCCC1)Cc1cc(OC)ccc1Br. The number of benzene rings is 1. The lowest BCUT2D eigenvalue weighted by Crippen LogP contribution is -2.30. The minimum atomic E-state index is 0.518. The molecule has 1 fully saturated rings. The standard InChI is InChI=1S/C16H24BrNOS/c1-18-13(11-20-15-5-3-4-6-15)9-12-10-14(19-2)7-8-16(12)17/h7-8,10,13,15,18H,3-6,9,11H2,1-2H3. The van der Waals surface area contributed by atoms with E-state index in [0.717, 1.165) is 17.4 Å². The molecule has 1 aromatic rings. The van der Waals surface area contributed by atoms with Gasteiger partial charge in [-0.2, -0.15) is 11.8 Å². The van der Waals surface area contributed by atoms with Crippen LogP contribution in [0.1, 0.15) is 31.2 Å². The summed E-state index contributed by atoms with van der Waals surface area (Å²) in [5.74, 6) is 2.12. The van der Waals surface area contributed by atoms with Crippen LogP contribution in [0.15, 0.2) is 22.7 Å². The van der Waals surface area contributed by atoms with E-state index in [1.807, 2.05) is 6.07 Å². The molecule has 2 nitrogen and oxygen atoms in total. The highest BCUT2D eigenvalue weighted by Crippen LogP contribution is 2.30. The summed E-state index contributed by atoms with van der Waals surface area (Å²) in [6, 6.07) is 6.72. The summed E-state index contributed by atoms with van der Waals surface area (Å²) < 4.78 is 6.49. The average molecular weight is 358 g/mol. The van der Waals surface area contributed by atoms with E-state index < -0.39 is 0 Å². The fraction of sp³-hybridized carbons (Fsp3) is 0.625. The molecule has 0 radical (unpaired) electrons. The van der Waals surface area contributed by atoms with E-state index in [2.05, 4.69) is 52.2 Å². The van der Waals surface area contributed by atoms with Gasteiger partial charge in [0.25, 0.3) is 0 Å². The predicted molar refractivity (Wildman–Crippen MR) is 92.0 cm³/mol. The molecule has 20 heavy (non-hydrogen) atoms. The molecule has 1 aliphatic rings. The van der Waals surface area contributed by atoms with E-state index in [1.54, 1.807) is 7.11 Å². The Bertz CT molecular complexity index is 421. The van der Waals surface area contributed by atoms with Gasteiger partial charge in [-0.15, -0.1) is 0 Å². The minimum Gasteiger partial charge on any atom is -0.497 e. The molecule has 1 saturated carbocycles. The Labute approximate surface area is 135 Å². The second-order valence-corrected chi connectivity index (χ2v) is 7.57. The molecule has 0 aromatic heterocycles. The molecule has 0 spiro atoms. The first-order valence-corrected chi connectivity index (χ1v) is 9.18. The molecule has 0 bridgehead atoms. The molecule has 4 heteroatoms. The number of rotatable bonds is 7. The molecule has 0 heterocycles. The van der Waals surface area contributed by atoms with Crippen LogP contribution in [-0.2, 0) is 6.42 Å². The van der Waals surface area contributed by atoms with E-state index in [-0.39, 0.29) is 0 Å². The monoisotopic (exact) mass is 357 g/mol. The third kappa shape index (κ3) is 4.68. The molecule has 112 valence electrons. The topological polar surface area (TPSA) is 21.3 Å². The number of likely N-dealkylation sites (N-methyl/N-ethyl adjacent to an activating group) is 1. The van der Waals surface area contributed by atoms with Crippen LogP contribution in [0.2, 0.25) is 0 Å². The van der Waals surface area contributed by atoms with Crippen LogP contribution in [0, 0.1) is 0 Å². The second-order valence-electron chi connectivity index (χ2n) is 5.39. The Morgan fingerprint density at radius 2 is 2.15 bits per heavy atom. The van der Waals surface area contributed by atoms with Gasteiger partial charge in [0.2, 0.25) is 0 Å². The van der Waals surface area contributed by atoms with Crippen molar-refractivity contribution in [2.75, 3.05) is 19.9 Å². The third-order valence-electron chi connectivity index (χ3n) is 3.96. The predicted octanol–water partition coefficient (Wildman–Crippen LogP) is 4.26. The number of nitrogens with one attached hydrogen (secondary N) is 1. The molecule has 0 amide bonds. The molecule has 1 atom stereocenters. The van der Waals surface area contributed by atoms with Crippen molar-refractivity contribution < 1.29 is 4.74 Å². The van der Waals surface area contributed by atoms with Gasteiger partial charge < -0.3 is 10.1 Å². The first-order chi connectivity index (χ1) is 9.72. The Morgan fingerprint density at radius 3 is 2.80 bits per heavy atom. The van der Waals surface area contributed by atoms with Gasteiger partial charge in [-0.3, -0.25) is 0 Å². The van der Waals surface area contributed by atoms with E-state index >= 15 is 0 Å². The van der Waals surface area contributed by atoms with Crippen LogP contribution in [-0.4, -0.2) is 31.2 Å². The highest BCUT2D eigenvalue weighted by atomic mass is 79.9. The van der Waals surface area contributed by atoms with E-state index in [4.69, 9.17) is 4.74 Å². The van der Waals surface area contributed by atoms with Gasteiger partial charge in [0, 0.05) is 21.5 Å². The number of halogens is 1. The maximum Gasteiger partial charge on any atom is 0.119 e. The molecule has 2 rings (SSSR count). The Kier molecular flexibility index (Phi) is 6.72. The molecular formula is C16H24BrNOS. The van der Waals surface area contributed by atoms with Crippen molar-refractivity contribution in [2.45, 2.75) is 43.4 Å². The Morgan fingerprint density at radius 1 is 1.40 bits per heavy atom. The van der Waals surface area contributed by atoms with Gasteiger partial charge >= 0.3 is 0 Å². The van der Waals surface area contributed by atoms with E-state index in [9.17, 15) is 0 Å². The minimum absolute atomic E-state index is 0.518. The number of ether oxygens (including phenoxy) is 1. The number of methoxy groups -OCH3 is 1. The zero-order valence-corrected chi connectivity index (χ0v) is 14.7. The van der Waals surface area contributed by atoms with E-state index in [0.29, 0.717) is 6.04 Å². The summed E-state index contributed by atoms with van der Waals surface area (Å²) in [6.45, 7) is 0. The van der Waals surface area contributed by atoms with Gasteiger partial charge in [-0.1, -0.05) is 28.8 Å². The van der Waals surface area contributed by atoms with Crippen molar-refractivity contribution in [3.8, 4) is 5.75 Å². The van der Waals surface area contributed by atoms with Crippen molar-refractivity contribution in [1.82, 2.24) is 5.32 Å². The quantitative estimate of drug-likeness (QED) is 0.787. The summed E-state index contributed by atoms with van der Waals surface area (Å²) >= 11 is 5.79. The maximum atomic E-state index is 5.32. The van der Waals surface area contributed by atoms with Crippen LogP contribution in [0.5, 0.6) is 5.75 Å². The van der Waals surface area contributed by atoms with Crippen molar-refractivity contribution in [3.05, 3.63) is 28.2 Å². The van der Waals surface area contributed by atoms with Crippen LogP contribution in [0.4, 0.5) is 0 Å². The first kappa shape index (κ1) is 16.2. The van der Waals surface area contributed by atoms with Crippen LogP contribution < -0.4 is 10.1 Å². The van der Waals surface area contributed by atoms with Crippen molar-refractivity contribution >= 4 is 27.7 Å². The molecule has 0 aliphatic heterocycles. The lowest BCUT2D eigenvalue weighted by molar-refractivity contribution is 0.414. The van der Waals surface area contributed by atoms with Gasteiger partial charge in [0.15, 0.2) is 0 Å².